The quantitative estimate of drug-likeness (QED) is 0.745. The molecule has 4 nitrogen and oxygen atoms in total. The Morgan fingerprint density at radius 2 is 2.20 bits per heavy atom. The molecule has 0 saturated carbocycles. The molecule has 0 radical (unpaired) electrons. The van der Waals surface area contributed by atoms with Gasteiger partial charge in [-0.05, 0) is 19.3 Å². The van der Waals surface area contributed by atoms with E-state index in [9.17, 15) is 0 Å². The average molecular weight is 208 g/mol. The maximum atomic E-state index is 5.82. The zero-order valence-corrected chi connectivity index (χ0v) is 9.53. The molecular formula is C11H20N4. The first kappa shape index (κ1) is 11.9. The number of aryl methyl sites for hydroxylation is 1. The van der Waals surface area contributed by atoms with Gasteiger partial charge < -0.3 is 11.1 Å². The van der Waals surface area contributed by atoms with Gasteiger partial charge in [0, 0.05) is 24.3 Å². The van der Waals surface area contributed by atoms with Gasteiger partial charge in [-0.1, -0.05) is 13.8 Å². The smallest absolute Gasteiger partial charge is 0.129 e. The molecule has 1 heterocycles. The molecule has 4 heteroatoms. The van der Waals surface area contributed by atoms with Crippen LogP contribution in [-0.4, -0.2) is 22.6 Å². The van der Waals surface area contributed by atoms with Gasteiger partial charge in [0.25, 0.3) is 0 Å². The summed E-state index contributed by atoms with van der Waals surface area (Å²) in [5.41, 5.74) is 6.88. The van der Waals surface area contributed by atoms with Crippen molar-refractivity contribution in [2.75, 3.05) is 11.9 Å². The van der Waals surface area contributed by atoms with E-state index in [0.29, 0.717) is 0 Å². The lowest BCUT2D eigenvalue weighted by Crippen LogP contribution is -2.22. The van der Waals surface area contributed by atoms with Crippen LogP contribution in [-0.2, 0) is 6.42 Å². The van der Waals surface area contributed by atoms with Crippen molar-refractivity contribution >= 4 is 5.82 Å². The second-order valence-corrected chi connectivity index (χ2v) is 3.63. The summed E-state index contributed by atoms with van der Waals surface area (Å²) in [6.45, 7) is 5.05. The largest absolute Gasteiger partial charge is 0.370 e. The highest BCUT2D eigenvalue weighted by Crippen LogP contribution is 2.04. The molecule has 0 spiro atoms. The van der Waals surface area contributed by atoms with Crippen LogP contribution in [0.15, 0.2) is 12.4 Å². The molecule has 0 aliphatic rings. The van der Waals surface area contributed by atoms with E-state index in [1.807, 2.05) is 6.07 Å². The average Bonchev–Trinajstić information content (AvgIpc) is 2.29. The number of hydrogen-bond donors (Lipinski definition) is 2. The van der Waals surface area contributed by atoms with Crippen LogP contribution in [0.1, 0.15) is 32.4 Å². The van der Waals surface area contributed by atoms with Crippen LogP contribution in [0.3, 0.4) is 0 Å². The number of nitrogens with one attached hydrogen (secondary N) is 1. The summed E-state index contributed by atoms with van der Waals surface area (Å²) in [5.74, 6) is 0.894. The van der Waals surface area contributed by atoms with Crippen LogP contribution in [0.4, 0.5) is 5.82 Å². The predicted molar refractivity (Wildman–Crippen MR) is 62.8 cm³/mol. The number of aromatic nitrogens is 2. The fraction of sp³-hybridized carbons (Fsp3) is 0.636. The molecule has 84 valence electrons. The molecular weight excluding hydrogens is 188 g/mol. The highest BCUT2D eigenvalue weighted by molar-refractivity contribution is 5.34. The number of hydrogen-bond acceptors (Lipinski definition) is 4. The van der Waals surface area contributed by atoms with Gasteiger partial charge >= 0.3 is 0 Å². The predicted octanol–water partition coefficient (Wildman–Crippen LogP) is 1.58. The molecule has 15 heavy (non-hydrogen) atoms. The zero-order chi connectivity index (χ0) is 11.1. The lowest BCUT2D eigenvalue weighted by Gasteiger charge is -2.10. The Morgan fingerprint density at radius 1 is 1.40 bits per heavy atom. The monoisotopic (exact) mass is 208 g/mol. The molecule has 3 N–H and O–H groups in total. The van der Waals surface area contributed by atoms with E-state index >= 15 is 0 Å². The molecule has 1 unspecified atom stereocenters. The summed E-state index contributed by atoms with van der Waals surface area (Å²) < 4.78 is 0. The van der Waals surface area contributed by atoms with Gasteiger partial charge in [-0.2, -0.15) is 0 Å². The number of nitrogens with zero attached hydrogens (tertiary/aromatic N) is 2. The Kier molecular flexibility index (Phi) is 5.04. The third-order valence-corrected chi connectivity index (χ3v) is 2.43. The first-order chi connectivity index (χ1) is 7.26. The summed E-state index contributed by atoms with van der Waals surface area (Å²) in [7, 11) is 0. The van der Waals surface area contributed by atoms with E-state index in [0.717, 1.165) is 37.3 Å². The zero-order valence-electron chi connectivity index (χ0n) is 9.53. The van der Waals surface area contributed by atoms with E-state index in [-0.39, 0.29) is 6.04 Å². The van der Waals surface area contributed by atoms with Gasteiger partial charge in [-0.3, -0.25) is 0 Å². The Bertz CT molecular complexity index is 288. The molecule has 0 amide bonds. The van der Waals surface area contributed by atoms with Gasteiger partial charge in [-0.25, -0.2) is 9.97 Å². The van der Waals surface area contributed by atoms with Crippen LogP contribution in [0.25, 0.3) is 0 Å². The molecule has 1 aromatic rings. The normalized spacial score (nSPS) is 12.5. The molecule has 0 aromatic carbocycles. The van der Waals surface area contributed by atoms with E-state index in [1.54, 1.807) is 6.33 Å². The van der Waals surface area contributed by atoms with Gasteiger partial charge in [0.05, 0.1) is 0 Å². The molecule has 1 aromatic heterocycles. The van der Waals surface area contributed by atoms with Gasteiger partial charge in [0.2, 0.25) is 0 Å². The first-order valence-electron chi connectivity index (χ1n) is 5.56. The number of nitrogens with two attached hydrogens (primary N) is 1. The highest BCUT2D eigenvalue weighted by Gasteiger charge is 1.99. The van der Waals surface area contributed by atoms with E-state index in [2.05, 4.69) is 29.1 Å². The standard InChI is InChI=1S/C11H20N4/c1-3-9(12)5-6-13-11-7-10(4-2)14-8-15-11/h7-9H,3-6,12H2,1-2H3,(H,13,14,15). The van der Waals surface area contributed by atoms with E-state index < -0.39 is 0 Å². The summed E-state index contributed by atoms with van der Waals surface area (Å²) in [4.78, 5) is 8.29. The third-order valence-electron chi connectivity index (χ3n) is 2.43. The van der Waals surface area contributed by atoms with E-state index in [4.69, 9.17) is 5.73 Å². The van der Waals surface area contributed by atoms with Gasteiger partial charge in [-0.15, -0.1) is 0 Å². The Balaban J connectivity index is 2.37. The minimum absolute atomic E-state index is 0.282. The highest BCUT2D eigenvalue weighted by atomic mass is 15.0. The Hall–Kier alpha value is -1.16. The fourth-order valence-electron chi connectivity index (χ4n) is 1.28. The van der Waals surface area contributed by atoms with Crippen molar-refractivity contribution in [3.63, 3.8) is 0 Å². The Labute approximate surface area is 91.3 Å². The molecule has 1 atom stereocenters. The van der Waals surface area contributed by atoms with Crippen molar-refractivity contribution in [2.24, 2.45) is 5.73 Å². The SMILES string of the molecule is CCc1cc(NCCC(N)CC)ncn1. The van der Waals surface area contributed by atoms with Crippen molar-refractivity contribution in [3.8, 4) is 0 Å². The topological polar surface area (TPSA) is 63.8 Å². The summed E-state index contributed by atoms with van der Waals surface area (Å²) in [6, 6.07) is 2.27. The second kappa shape index (κ2) is 6.35. The van der Waals surface area contributed by atoms with Gasteiger partial charge in [0.1, 0.15) is 12.1 Å². The van der Waals surface area contributed by atoms with Crippen LogP contribution >= 0.6 is 0 Å². The van der Waals surface area contributed by atoms with Crippen LogP contribution in [0.2, 0.25) is 0 Å². The second-order valence-electron chi connectivity index (χ2n) is 3.63. The van der Waals surface area contributed by atoms with Crippen molar-refractivity contribution in [1.29, 1.82) is 0 Å². The number of rotatable bonds is 6. The lowest BCUT2D eigenvalue weighted by molar-refractivity contribution is 0.613. The van der Waals surface area contributed by atoms with Crippen molar-refractivity contribution < 1.29 is 0 Å². The maximum absolute atomic E-state index is 5.82. The number of anilines is 1. The summed E-state index contributed by atoms with van der Waals surface area (Å²) in [6.07, 6.45) is 4.53. The van der Waals surface area contributed by atoms with Gasteiger partial charge in [0.15, 0.2) is 0 Å². The first-order valence-corrected chi connectivity index (χ1v) is 5.56. The van der Waals surface area contributed by atoms with Crippen molar-refractivity contribution in [3.05, 3.63) is 18.1 Å². The van der Waals surface area contributed by atoms with Crippen molar-refractivity contribution in [1.82, 2.24) is 9.97 Å². The molecule has 0 saturated heterocycles. The molecule has 0 bridgehead atoms. The Morgan fingerprint density at radius 3 is 2.87 bits per heavy atom. The minimum atomic E-state index is 0.282. The fourth-order valence-corrected chi connectivity index (χ4v) is 1.28. The van der Waals surface area contributed by atoms with Crippen LogP contribution < -0.4 is 11.1 Å². The molecule has 0 aliphatic heterocycles. The van der Waals surface area contributed by atoms with Crippen LogP contribution in [0.5, 0.6) is 0 Å². The van der Waals surface area contributed by atoms with E-state index in [1.165, 1.54) is 0 Å². The third kappa shape index (κ3) is 4.25. The molecule has 0 aliphatic carbocycles. The van der Waals surface area contributed by atoms with Crippen LogP contribution in [0, 0.1) is 0 Å². The molecule has 0 fully saturated rings. The lowest BCUT2D eigenvalue weighted by atomic mass is 10.2. The van der Waals surface area contributed by atoms with Crippen molar-refractivity contribution in [2.45, 2.75) is 39.2 Å². The summed E-state index contributed by atoms with van der Waals surface area (Å²) in [5, 5.41) is 3.25. The summed E-state index contributed by atoms with van der Waals surface area (Å²) >= 11 is 0. The minimum Gasteiger partial charge on any atom is -0.370 e. The maximum Gasteiger partial charge on any atom is 0.129 e. The molecule has 1 rings (SSSR count).